The first-order valence-electron chi connectivity index (χ1n) is 9.49. The number of amides is 1. The van der Waals surface area contributed by atoms with Crippen LogP contribution in [0.2, 0.25) is 0 Å². The third kappa shape index (κ3) is 4.40. The third-order valence-corrected chi connectivity index (χ3v) is 5.17. The summed E-state index contributed by atoms with van der Waals surface area (Å²) in [6.45, 7) is 1.20. The number of aromatic nitrogens is 4. The van der Waals surface area contributed by atoms with Gasteiger partial charge in [-0.15, -0.1) is 0 Å². The smallest absolute Gasteiger partial charge is 0.317 e. The molecule has 1 aliphatic rings. The zero-order valence-electron chi connectivity index (χ0n) is 16.1. The monoisotopic (exact) mass is 394 g/mol. The van der Waals surface area contributed by atoms with Gasteiger partial charge in [0.25, 0.3) is 0 Å². The predicted molar refractivity (Wildman–Crippen MR) is 107 cm³/mol. The lowest BCUT2D eigenvalue weighted by Crippen LogP contribution is -2.40. The number of carbonyl (C=O) groups is 2. The fourth-order valence-corrected chi connectivity index (χ4v) is 3.59. The molecule has 1 aliphatic heterocycles. The molecular weight excluding hydrogens is 372 g/mol. The van der Waals surface area contributed by atoms with Crippen LogP contribution < -0.4 is 5.32 Å². The number of carboxylic acids is 1. The molecule has 0 unspecified atom stereocenters. The maximum Gasteiger partial charge on any atom is 0.317 e. The number of piperidine rings is 1. The number of rotatable bonds is 5. The van der Waals surface area contributed by atoms with Gasteiger partial charge in [0, 0.05) is 36.3 Å². The molecule has 2 aromatic heterocycles. The van der Waals surface area contributed by atoms with Crippen LogP contribution in [0.25, 0.3) is 22.0 Å². The van der Waals surface area contributed by atoms with Crippen molar-refractivity contribution in [3.05, 3.63) is 36.8 Å². The predicted octanol–water partition coefficient (Wildman–Crippen LogP) is 1.77. The van der Waals surface area contributed by atoms with E-state index in [4.69, 9.17) is 5.11 Å². The molecule has 0 atom stereocenters. The lowest BCUT2D eigenvalue weighted by Gasteiger charge is -2.29. The van der Waals surface area contributed by atoms with E-state index in [1.807, 2.05) is 36.3 Å². The Bertz CT molecular complexity index is 1060. The lowest BCUT2D eigenvalue weighted by molar-refractivity contribution is -0.138. The maximum atomic E-state index is 12.6. The Labute approximate surface area is 167 Å². The van der Waals surface area contributed by atoms with E-state index in [9.17, 15) is 9.59 Å². The molecule has 0 aliphatic carbocycles. The Morgan fingerprint density at radius 1 is 1.21 bits per heavy atom. The quantitative estimate of drug-likeness (QED) is 0.678. The largest absolute Gasteiger partial charge is 0.480 e. The Balaban J connectivity index is 1.45. The van der Waals surface area contributed by atoms with Crippen molar-refractivity contribution in [1.82, 2.24) is 24.6 Å². The topological polar surface area (TPSA) is 113 Å². The number of nitrogens with one attached hydrogen (secondary N) is 1. The minimum Gasteiger partial charge on any atom is -0.480 e. The average molecular weight is 394 g/mol. The minimum atomic E-state index is -0.844. The van der Waals surface area contributed by atoms with Gasteiger partial charge in [0.2, 0.25) is 11.9 Å². The number of likely N-dealkylation sites (tertiary alicyclic amines) is 1. The van der Waals surface area contributed by atoms with Crippen LogP contribution in [0.3, 0.4) is 0 Å². The van der Waals surface area contributed by atoms with E-state index in [0.29, 0.717) is 25.9 Å². The number of fused-ring (bicyclic) bond motifs is 1. The molecule has 1 saturated heterocycles. The molecule has 4 rings (SSSR count). The number of aryl methyl sites for hydroxylation is 1. The summed E-state index contributed by atoms with van der Waals surface area (Å²) in [5.74, 6) is -0.856. The molecule has 0 radical (unpaired) electrons. The molecule has 0 spiro atoms. The van der Waals surface area contributed by atoms with Crippen LogP contribution in [0, 0.1) is 5.92 Å². The highest BCUT2D eigenvalue weighted by atomic mass is 16.4. The van der Waals surface area contributed by atoms with Crippen LogP contribution in [0.15, 0.2) is 36.8 Å². The van der Waals surface area contributed by atoms with E-state index in [1.165, 1.54) is 0 Å². The van der Waals surface area contributed by atoms with E-state index in [-0.39, 0.29) is 24.3 Å². The van der Waals surface area contributed by atoms with Crippen molar-refractivity contribution in [3.63, 3.8) is 0 Å². The van der Waals surface area contributed by atoms with Gasteiger partial charge in [-0.3, -0.25) is 24.5 Å². The van der Waals surface area contributed by atoms with Crippen molar-refractivity contribution in [2.45, 2.75) is 12.8 Å². The van der Waals surface area contributed by atoms with Gasteiger partial charge in [-0.2, -0.15) is 5.10 Å². The number of hydrogen-bond acceptors (Lipinski definition) is 6. The van der Waals surface area contributed by atoms with E-state index in [0.717, 1.165) is 22.0 Å². The standard InChI is InChI=1S/C20H22N6O3/c1-25-11-16(10-22-25)14-2-3-15-9-21-20(23-17(15)8-14)24-19(29)13-4-6-26(7-5-13)12-18(27)28/h2-3,8-11,13H,4-7,12H2,1H3,(H,27,28)(H,21,23,24,29). The van der Waals surface area contributed by atoms with Gasteiger partial charge < -0.3 is 5.11 Å². The van der Waals surface area contributed by atoms with Crippen molar-refractivity contribution in [2.24, 2.45) is 13.0 Å². The van der Waals surface area contributed by atoms with Crippen molar-refractivity contribution >= 4 is 28.7 Å². The Hall–Kier alpha value is -3.33. The summed E-state index contributed by atoms with van der Waals surface area (Å²) in [5.41, 5.74) is 2.73. The Kier molecular flexibility index (Phi) is 5.22. The van der Waals surface area contributed by atoms with Gasteiger partial charge >= 0.3 is 5.97 Å². The fourth-order valence-electron chi connectivity index (χ4n) is 3.59. The Morgan fingerprint density at radius 2 is 2.00 bits per heavy atom. The van der Waals surface area contributed by atoms with Crippen molar-refractivity contribution in [1.29, 1.82) is 0 Å². The summed E-state index contributed by atoms with van der Waals surface area (Å²) in [4.78, 5) is 34.0. The summed E-state index contributed by atoms with van der Waals surface area (Å²) in [5, 5.41) is 16.8. The Morgan fingerprint density at radius 3 is 2.69 bits per heavy atom. The molecule has 9 heteroatoms. The highest BCUT2D eigenvalue weighted by molar-refractivity contribution is 5.92. The second-order valence-electron chi connectivity index (χ2n) is 7.30. The summed E-state index contributed by atoms with van der Waals surface area (Å²) in [7, 11) is 1.87. The zero-order valence-corrected chi connectivity index (χ0v) is 16.1. The van der Waals surface area contributed by atoms with Gasteiger partial charge in [-0.25, -0.2) is 9.97 Å². The molecule has 1 aromatic carbocycles. The van der Waals surface area contributed by atoms with Gasteiger partial charge in [0.1, 0.15) is 0 Å². The minimum absolute atomic E-state index is 0.0153. The number of anilines is 1. The zero-order chi connectivity index (χ0) is 20.4. The lowest BCUT2D eigenvalue weighted by atomic mass is 9.96. The number of hydrogen-bond donors (Lipinski definition) is 2. The van der Waals surface area contributed by atoms with Crippen LogP contribution in [-0.2, 0) is 16.6 Å². The number of aliphatic carboxylic acids is 1. The molecular formula is C20H22N6O3. The van der Waals surface area contributed by atoms with Crippen LogP contribution >= 0.6 is 0 Å². The fraction of sp³-hybridized carbons (Fsp3) is 0.350. The van der Waals surface area contributed by atoms with E-state index < -0.39 is 5.97 Å². The molecule has 3 aromatic rings. The van der Waals surface area contributed by atoms with Crippen molar-refractivity contribution < 1.29 is 14.7 Å². The van der Waals surface area contributed by atoms with E-state index in [2.05, 4.69) is 20.4 Å². The van der Waals surface area contributed by atoms with E-state index >= 15 is 0 Å². The second-order valence-corrected chi connectivity index (χ2v) is 7.30. The van der Waals surface area contributed by atoms with Gasteiger partial charge in [-0.1, -0.05) is 12.1 Å². The van der Waals surface area contributed by atoms with Crippen LogP contribution in [0.4, 0.5) is 5.95 Å². The normalized spacial score (nSPS) is 15.5. The van der Waals surface area contributed by atoms with Gasteiger partial charge in [-0.05, 0) is 37.6 Å². The first kappa shape index (κ1) is 19.0. The summed E-state index contributed by atoms with van der Waals surface area (Å²) < 4.78 is 1.74. The van der Waals surface area contributed by atoms with Crippen molar-refractivity contribution in [3.8, 4) is 11.1 Å². The number of carboxylic acid groups (broad SMARTS) is 1. The first-order chi connectivity index (χ1) is 14.0. The average Bonchev–Trinajstić information content (AvgIpc) is 3.14. The van der Waals surface area contributed by atoms with Gasteiger partial charge in [0.15, 0.2) is 0 Å². The number of carbonyl (C=O) groups excluding carboxylic acids is 1. The molecule has 2 N–H and O–H groups in total. The van der Waals surface area contributed by atoms with Crippen LogP contribution in [0.1, 0.15) is 12.8 Å². The molecule has 1 amide bonds. The van der Waals surface area contributed by atoms with Gasteiger partial charge in [0.05, 0.1) is 18.3 Å². The highest BCUT2D eigenvalue weighted by Gasteiger charge is 2.26. The SMILES string of the molecule is Cn1cc(-c2ccc3cnc(NC(=O)C4CCN(CC(=O)O)CC4)nc3c2)cn1. The van der Waals surface area contributed by atoms with Crippen molar-refractivity contribution in [2.75, 3.05) is 25.0 Å². The summed E-state index contributed by atoms with van der Waals surface area (Å²) in [6, 6.07) is 5.89. The summed E-state index contributed by atoms with van der Waals surface area (Å²) >= 11 is 0. The second kappa shape index (κ2) is 7.96. The van der Waals surface area contributed by atoms with E-state index in [1.54, 1.807) is 17.1 Å². The molecule has 150 valence electrons. The molecule has 1 fully saturated rings. The molecule has 3 heterocycles. The third-order valence-electron chi connectivity index (χ3n) is 5.17. The molecule has 29 heavy (non-hydrogen) atoms. The molecule has 9 nitrogen and oxygen atoms in total. The molecule has 0 bridgehead atoms. The first-order valence-corrected chi connectivity index (χ1v) is 9.49. The number of benzene rings is 1. The molecule has 0 saturated carbocycles. The number of nitrogens with zero attached hydrogens (tertiary/aromatic N) is 5. The van der Waals surface area contributed by atoms with Crippen LogP contribution in [0.5, 0.6) is 0 Å². The van der Waals surface area contributed by atoms with Crippen LogP contribution in [-0.4, -0.2) is 61.3 Å². The highest BCUT2D eigenvalue weighted by Crippen LogP contribution is 2.24. The summed E-state index contributed by atoms with van der Waals surface area (Å²) in [6.07, 6.45) is 6.67. The maximum absolute atomic E-state index is 12.6.